The number of hydrogen-bond acceptors (Lipinski definition) is 7. The summed E-state index contributed by atoms with van der Waals surface area (Å²) in [6.45, 7) is 6.25. The number of carbonyl (C=O) groups is 2. The van der Waals surface area contributed by atoms with E-state index in [1.807, 2.05) is 0 Å². The lowest BCUT2D eigenvalue weighted by molar-refractivity contribution is -0.120. The Kier molecular flexibility index (Phi) is 8.73. The molecule has 0 aliphatic heterocycles. The third kappa shape index (κ3) is 6.77. The Bertz CT molecular complexity index is 1480. The number of benzene rings is 1. The Morgan fingerprint density at radius 3 is 2.43 bits per heavy atom. The summed E-state index contributed by atoms with van der Waals surface area (Å²) >= 11 is 0. The number of imidazole rings is 1. The molecular weight excluding hydrogens is 500 g/mol. The normalized spacial score (nSPS) is 11.2. The molecule has 3 aromatic rings. The highest BCUT2D eigenvalue weighted by Crippen LogP contribution is 2.17. The van der Waals surface area contributed by atoms with Crippen LogP contribution in [0.2, 0.25) is 0 Å². The average molecular weight is 529 g/mol. The van der Waals surface area contributed by atoms with Crippen LogP contribution in [0.15, 0.2) is 52.3 Å². The Balaban J connectivity index is 2.11. The summed E-state index contributed by atoms with van der Waals surface area (Å²) < 4.78 is 30.4. The molecule has 3 N–H and O–H groups in total. The summed E-state index contributed by atoms with van der Waals surface area (Å²) in [6, 6.07) is 11.4. The van der Waals surface area contributed by atoms with Crippen molar-refractivity contribution in [3.63, 3.8) is 0 Å². The largest absolute Gasteiger partial charge is 0.395 e. The number of carbonyl (C=O) groups excluding carboxylic acids is 2. The first-order valence-electron chi connectivity index (χ1n) is 11.3. The van der Waals surface area contributed by atoms with Crippen molar-refractivity contribution in [3.05, 3.63) is 81.3 Å². The molecule has 0 aliphatic rings. The first-order valence-corrected chi connectivity index (χ1v) is 12.9. The lowest BCUT2D eigenvalue weighted by Crippen LogP contribution is -2.35. The number of sulfonamides is 1. The highest BCUT2D eigenvalue weighted by Gasteiger charge is 2.23. The first-order chi connectivity index (χ1) is 17.6. The van der Waals surface area contributed by atoms with Gasteiger partial charge in [-0.25, -0.2) is 27.7 Å². The minimum absolute atomic E-state index is 0.0297. The van der Waals surface area contributed by atoms with Gasteiger partial charge in [-0.15, -0.1) is 0 Å². The van der Waals surface area contributed by atoms with Crippen LogP contribution in [0.4, 0.5) is 5.69 Å². The number of aliphatic hydroxyl groups excluding tert-OH is 1. The van der Waals surface area contributed by atoms with Gasteiger partial charge in [-0.1, -0.05) is 30.3 Å². The molecule has 0 saturated heterocycles. The molecule has 196 valence electrons. The predicted molar refractivity (Wildman–Crippen MR) is 138 cm³/mol. The van der Waals surface area contributed by atoms with Crippen LogP contribution < -0.4 is 15.6 Å². The molecule has 1 aromatic carbocycles. The zero-order chi connectivity index (χ0) is 27.2. The minimum atomic E-state index is -3.94. The smallest absolute Gasteiger partial charge is 0.294 e. The van der Waals surface area contributed by atoms with Crippen molar-refractivity contribution in [1.82, 2.24) is 19.7 Å². The molecule has 0 bridgehead atoms. The van der Waals surface area contributed by atoms with Gasteiger partial charge in [0.1, 0.15) is 11.5 Å². The molecule has 0 saturated carbocycles. The van der Waals surface area contributed by atoms with E-state index in [4.69, 9.17) is 5.11 Å². The molecule has 0 spiro atoms. The van der Waals surface area contributed by atoms with Gasteiger partial charge in [-0.3, -0.25) is 19.1 Å². The van der Waals surface area contributed by atoms with E-state index in [0.29, 0.717) is 17.0 Å². The Morgan fingerprint density at radius 2 is 1.78 bits per heavy atom. The molecule has 0 unspecified atom stereocenters. The van der Waals surface area contributed by atoms with E-state index in [9.17, 15) is 22.8 Å². The highest BCUT2D eigenvalue weighted by atomic mass is 32.2. The number of rotatable bonds is 11. The number of aliphatic imine (C=N–C) groups is 1. The second kappa shape index (κ2) is 11.8. The van der Waals surface area contributed by atoms with Gasteiger partial charge in [0.25, 0.3) is 11.5 Å². The highest BCUT2D eigenvalue weighted by molar-refractivity contribution is 7.91. The molecule has 37 heavy (non-hydrogen) atoms. The summed E-state index contributed by atoms with van der Waals surface area (Å²) in [5, 5.41) is 11.5. The zero-order valence-corrected chi connectivity index (χ0v) is 21.3. The zero-order valence-electron chi connectivity index (χ0n) is 20.5. The Labute approximate surface area is 213 Å². The maximum atomic E-state index is 13.6. The van der Waals surface area contributed by atoms with Crippen molar-refractivity contribution in [2.45, 2.75) is 32.4 Å². The fraction of sp³-hybridized carbons (Fsp3) is 0.292. The van der Waals surface area contributed by atoms with E-state index in [-0.39, 0.29) is 49.0 Å². The van der Waals surface area contributed by atoms with Crippen LogP contribution in [0.25, 0.3) is 0 Å². The second-order valence-corrected chi connectivity index (χ2v) is 9.93. The molecule has 0 atom stereocenters. The van der Waals surface area contributed by atoms with E-state index >= 15 is 0 Å². The fourth-order valence-electron chi connectivity index (χ4n) is 3.71. The molecule has 2 heterocycles. The lowest BCUT2D eigenvalue weighted by Gasteiger charge is -2.18. The van der Waals surface area contributed by atoms with Gasteiger partial charge in [0.2, 0.25) is 15.9 Å². The number of nitrogens with zero attached hydrogens (tertiary/aromatic N) is 4. The van der Waals surface area contributed by atoms with E-state index < -0.39 is 27.4 Å². The monoisotopic (exact) mass is 528 g/mol. The van der Waals surface area contributed by atoms with Crippen LogP contribution in [0.1, 0.15) is 28.5 Å². The third-order valence-corrected chi connectivity index (χ3v) is 6.62. The Hall–Kier alpha value is -4.10. The van der Waals surface area contributed by atoms with E-state index in [1.165, 1.54) is 16.8 Å². The molecule has 3 rings (SSSR count). The van der Waals surface area contributed by atoms with Gasteiger partial charge in [0.15, 0.2) is 0 Å². The summed E-state index contributed by atoms with van der Waals surface area (Å²) in [6.07, 6.45) is -0.525. The van der Waals surface area contributed by atoms with Crippen LogP contribution in [0.5, 0.6) is 0 Å². The van der Waals surface area contributed by atoms with Crippen molar-refractivity contribution < 1.29 is 23.1 Å². The van der Waals surface area contributed by atoms with Crippen molar-refractivity contribution >= 4 is 34.2 Å². The quantitative estimate of drug-likeness (QED) is 0.302. The first kappa shape index (κ1) is 27.5. The van der Waals surface area contributed by atoms with Crippen LogP contribution in [-0.4, -0.2) is 59.5 Å². The lowest BCUT2D eigenvalue weighted by atomic mass is 10.2. The second-order valence-electron chi connectivity index (χ2n) is 8.20. The number of amides is 2. The number of aryl methyl sites for hydroxylation is 2. The van der Waals surface area contributed by atoms with Gasteiger partial charge < -0.3 is 10.4 Å². The van der Waals surface area contributed by atoms with Crippen molar-refractivity contribution in [2.75, 3.05) is 17.9 Å². The van der Waals surface area contributed by atoms with Gasteiger partial charge in [0, 0.05) is 12.2 Å². The van der Waals surface area contributed by atoms with E-state index in [0.717, 1.165) is 4.68 Å². The van der Waals surface area contributed by atoms with Crippen molar-refractivity contribution in [3.8, 4) is 0 Å². The van der Waals surface area contributed by atoms with Crippen LogP contribution in [0.3, 0.4) is 0 Å². The summed E-state index contributed by atoms with van der Waals surface area (Å²) in [4.78, 5) is 45.9. The summed E-state index contributed by atoms with van der Waals surface area (Å²) in [5.41, 5.74) is 0.654. The Morgan fingerprint density at radius 1 is 1.08 bits per heavy atom. The van der Waals surface area contributed by atoms with Crippen LogP contribution in [-0.2, 0) is 38.2 Å². The fourth-order valence-corrected chi connectivity index (χ4v) is 4.91. The topological polar surface area (TPSA) is 165 Å². The van der Waals surface area contributed by atoms with Gasteiger partial charge in [0.05, 0.1) is 36.6 Å². The van der Waals surface area contributed by atoms with Gasteiger partial charge in [-0.2, -0.15) is 0 Å². The van der Waals surface area contributed by atoms with E-state index in [2.05, 4.69) is 26.7 Å². The molecule has 13 heteroatoms. The molecular formula is C24H28N6O6S. The molecule has 12 nitrogen and oxygen atoms in total. The number of aromatic nitrogens is 3. The number of aliphatic hydroxyl groups is 1. The number of nitrogens with one attached hydrogen (secondary N) is 2. The standard InChI is InChI=1S/C24H28N6O6S/c1-16-9-10-19(28-37(35,36)15-18-7-5-4-6-8-18)24(34)29(16)30-20(13-22(32)25-3)17(2)27-21(30)14-23(33)26-11-12-31/h4-10,28,31H,3,11-15H2,1-2H3,(H,26,33). The summed E-state index contributed by atoms with van der Waals surface area (Å²) in [7, 11) is -3.94. The molecule has 2 aromatic heterocycles. The van der Waals surface area contributed by atoms with Gasteiger partial charge in [-0.05, 0) is 38.3 Å². The number of hydrogen-bond donors (Lipinski definition) is 3. The third-order valence-electron chi connectivity index (χ3n) is 5.38. The van der Waals surface area contributed by atoms with Crippen molar-refractivity contribution in [2.24, 2.45) is 4.99 Å². The molecule has 2 amide bonds. The SMILES string of the molecule is C=NC(=O)Cc1c(C)nc(CC(=O)NCCO)n1-n1c(C)ccc(NS(=O)(=O)Cc2ccccc2)c1=O. The number of pyridine rings is 1. The molecule has 0 fully saturated rings. The van der Waals surface area contributed by atoms with Crippen molar-refractivity contribution in [1.29, 1.82) is 0 Å². The van der Waals surface area contributed by atoms with E-state index in [1.54, 1.807) is 44.2 Å². The van der Waals surface area contributed by atoms with Gasteiger partial charge >= 0.3 is 0 Å². The molecule has 0 aliphatic carbocycles. The maximum Gasteiger partial charge on any atom is 0.294 e. The minimum Gasteiger partial charge on any atom is -0.395 e. The van der Waals surface area contributed by atoms with Crippen LogP contribution in [0, 0.1) is 13.8 Å². The average Bonchev–Trinajstić information content (AvgIpc) is 3.13. The number of anilines is 1. The predicted octanol–water partition coefficient (Wildman–Crippen LogP) is 0.336. The van der Waals surface area contributed by atoms with Crippen LogP contribution >= 0.6 is 0 Å². The maximum absolute atomic E-state index is 13.6. The summed E-state index contributed by atoms with van der Waals surface area (Å²) in [5.74, 6) is -1.25. The molecule has 0 radical (unpaired) electrons.